The molecule has 148 valence electrons. The Bertz CT molecular complexity index is 869. The van der Waals surface area contributed by atoms with Crippen LogP contribution in [0.3, 0.4) is 0 Å². The van der Waals surface area contributed by atoms with Crippen LogP contribution in [-0.4, -0.2) is 25.0 Å². The molecule has 0 spiro atoms. The number of hydrogen-bond donors (Lipinski definition) is 1. The minimum atomic E-state index is -0.493. The van der Waals surface area contributed by atoms with Gasteiger partial charge in [0.2, 0.25) is 11.8 Å². The Morgan fingerprint density at radius 3 is 2.71 bits per heavy atom. The van der Waals surface area contributed by atoms with E-state index in [0.29, 0.717) is 19.8 Å². The van der Waals surface area contributed by atoms with E-state index in [2.05, 4.69) is 5.32 Å². The molecule has 1 unspecified atom stereocenters. The van der Waals surface area contributed by atoms with Gasteiger partial charge in [-0.3, -0.25) is 9.59 Å². The van der Waals surface area contributed by atoms with Crippen LogP contribution >= 0.6 is 0 Å². The molecular formula is C22H25FN2O3. The fourth-order valence-electron chi connectivity index (χ4n) is 3.36. The third-order valence-electron chi connectivity index (χ3n) is 4.92. The second-order valence-electron chi connectivity index (χ2n) is 6.98. The predicted molar refractivity (Wildman–Crippen MR) is 105 cm³/mol. The summed E-state index contributed by atoms with van der Waals surface area (Å²) < 4.78 is 19.7. The smallest absolute Gasteiger partial charge is 0.227 e. The van der Waals surface area contributed by atoms with E-state index in [4.69, 9.17) is 4.74 Å². The lowest BCUT2D eigenvalue weighted by atomic mass is 10.1. The van der Waals surface area contributed by atoms with Crippen LogP contribution in [-0.2, 0) is 27.5 Å². The number of rotatable bonds is 7. The van der Waals surface area contributed by atoms with Crippen LogP contribution < -0.4 is 10.2 Å². The van der Waals surface area contributed by atoms with Crippen molar-refractivity contribution in [2.45, 2.75) is 33.4 Å². The topological polar surface area (TPSA) is 58.6 Å². The number of nitrogens with zero attached hydrogens (tertiary/aromatic N) is 1. The number of nitrogens with one attached hydrogen (secondary N) is 1. The van der Waals surface area contributed by atoms with Crippen molar-refractivity contribution >= 4 is 17.5 Å². The van der Waals surface area contributed by atoms with Gasteiger partial charge in [0.25, 0.3) is 0 Å². The largest absolute Gasteiger partial charge is 0.377 e. The molecule has 1 N–H and O–H groups in total. The normalized spacial score (nSPS) is 16.5. The molecular weight excluding hydrogens is 359 g/mol. The van der Waals surface area contributed by atoms with Gasteiger partial charge < -0.3 is 15.0 Å². The quantitative estimate of drug-likeness (QED) is 0.797. The minimum Gasteiger partial charge on any atom is -0.377 e. The summed E-state index contributed by atoms with van der Waals surface area (Å²) in [5.74, 6) is -1.37. The Labute approximate surface area is 164 Å². The molecule has 1 aliphatic rings. The number of hydrogen-bond acceptors (Lipinski definition) is 3. The van der Waals surface area contributed by atoms with Crippen molar-refractivity contribution in [3.05, 3.63) is 65.0 Å². The molecule has 2 aromatic rings. The molecule has 6 heteroatoms. The summed E-state index contributed by atoms with van der Waals surface area (Å²) in [7, 11) is 0. The lowest BCUT2D eigenvalue weighted by molar-refractivity contribution is -0.126. The highest BCUT2D eigenvalue weighted by molar-refractivity contribution is 6.00. The fourth-order valence-corrected chi connectivity index (χ4v) is 3.36. The van der Waals surface area contributed by atoms with Gasteiger partial charge in [-0.25, -0.2) is 4.39 Å². The van der Waals surface area contributed by atoms with Gasteiger partial charge in [-0.1, -0.05) is 30.3 Å². The van der Waals surface area contributed by atoms with Crippen LogP contribution in [0.4, 0.5) is 10.1 Å². The molecule has 28 heavy (non-hydrogen) atoms. The monoisotopic (exact) mass is 384 g/mol. The van der Waals surface area contributed by atoms with Gasteiger partial charge in [-0.05, 0) is 42.7 Å². The van der Waals surface area contributed by atoms with Gasteiger partial charge in [0.15, 0.2) is 0 Å². The van der Waals surface area contributed by atoms with Crippen molar-refractivity contribution in [3.8, 4) is 0 Å². The molecule has 2 amide bonds. The van der Waals surface area contributed by atoms with E-state index >= 15 is 0 Å². The SMILES string of the molecule is CCOCc1ccccc1CNC(=O)C1CC(=O)N(c2ccc(C)cc2F)C1. The lowest BCUT2D eigenvalue weighted by Gasteiger charge is -2.18. The number of benzene rings is 2. The Morgan fingerprint density at radius 2 is 2.00 bits per heavy atom. The van der Waals surface area contributed by atoms with Crippen molar-refractivity contribution < 1.29 is 18.7 Å². The van der Waals surface area contributed by atoms with Crippen LogP contribution in [0.5, 0.6) is 0 Å². The maximum Gasteiger partial charge on any atom is 0.227 e. The summed E-state index contributed by atoms with van der Waals surface area (Å²) in [4.78, 5) is 26.3. The highest BCUT2D eigenvalue weighted by Crippen LogP contribution is 2.28. The number of ether oxygens (including phenoxy) is 1. The second kappa shape index (κ2) is 8.97. The maximum atomic E-state index is 14.2. The number of carbonyl (C=O) groups is 2. The highest BCUT2D eigenvalue weighted by Gasteiger charge is 2.36. The Morgan fingerprint density at radius 1 is 1.25 bits per heavy atom. The van der Waals surface area contributed by atoms with Gasteiger partial charge in [0.05, 0.1) is 18.2 Å². The fraction of sp³-hybridized carbons (Fsp3) is 0.364. The molecule has 0 radical (unpaired) electrons. The number of carbonyl (C=O) groups excluding carboxylic acids is 2. The first-order chi connectivity index (χ1) is 13.5. The number of halogens is 1. The van der Waals surface area contributed by atoms with Crippen LogP contribution in [0, 0.1) is 18.7 Å². The summed E-state index contributed by atoms with van der Waals surface area (Å²) >= 11 is 0. The molecule has 2 aromatic carbocycles. The number of anilines is 1. The van der Waals surface area contributed by atoms with Gasteiger partial charge in [-0.2, -0.15) is 0 Å². The molecule has 3 rings (SSSR count). The van der Waals surface area contributed by atoms with Gasteiger partial charge >= 0.3 is 0 Å². The molecule has 1 fully saturated rings. The number of aryl methyl sites for hydroxylation is 1. The molecule has 0 aromatic heterocycles. The summed E-state index contributed by atoms with van der Waals surface area (Å²) in [5, 5.41) is 2.91. The average Bonchev–Trinajstić information content (AvgIpc) is 3.06. The van der Waals surface area contributed by atoms with Crippen LogP contribution in [0.25, 0.3) is 0 Å². The summed E-state index contributed by atoms with van der Waals surface area (Å²) in [6.07, 6.45) is 0.0831. The number of amides is 2. The molecule has 1 atom stereocenters. The van der Waals surface area contributed by atoms with Gasteiger partial charge in [-0.15, -0.1) is 0 Å². The van der Waals surface area contributed by atoms with E-state index < -0.39 is 11.7 Å². The van der Waals surface area contributed by atoms with Crippen LogP contribution in [0.1, 0.15) is 30.0 Å². The first-order valence-electron chi connectivity index (χ1n) is 9.48. The third-order valence-corrected chi connectivity index (χ3v) is 4.92. The van der Waals surface area contributed by atoms with Crippen molar-refractivity contribution in [2.75, 3.05) is 18.1 Å². The van der Waals surface area contributed by atoms with E-state index in [1.54, 1.807) is 19.1 Å². The zero-order chi connectivity index (χ0) is 20.1. The minimum absolute atomic E-state index is 0.0831. The summed E-state index contributed by atoms with van der Waals surface area (Å²) in [6.45, 7) is 5.39. The molecule has 0 bridgehead atoms. The van der Waals surface area contributed by atoms with E-state index in [1.807, 2.05) is 31.2 Å². The zero-order valence-corrected chi connectivity index (χ0v) is 16.2. The Kier molecular flexibility index (Phi) is 6.41. The molecule has 1 saturated heterocycles. The molecule has 0 saturated carbocycles. The van der Waals surface area contributed by atoms with E-state index in [0.717, 1.165) is 16.7 Å². The first kappa shape index (κ1) is 20.0. The first-order valence-corrected chi connectivity index (χ1v) is 9.48. The van der Waals surface area contributed by atoms with Crippen molar-refractivity contribution in [2.24, 2.45) is 5.92 Å². The van der Waals surface area contributed by atoms with Gasteiger partial charge in [0.1, 0.15) is 5.82 Å². The highest BCUT2D eigenvalue weighted by atomic mass is 19.1. The third kappa shape index (κ3) is 4.57. The van der Waals surface area contributed by atoms with E-state index in [-0.39, 0.29) is 30.5 Å². The van der Waals surface area contributed by atoms with Crippen LogP contribution in [0.2, 0.25) is 0 Å². The van der Waals surface area contributed by atoms with E-state index in [1.165, 1.54) is 11.0 Å². The predicted octanol–water partition coefficient (Wildman–Crippen LogP) is 3.34. The Hall–Kier alpha value is -2.73. The Balaban J connectivity index is 1.62. The van der Waals surface area contributed by atoms with Crippen molar-refractivity contribution in [1.29, 1.82) is 0 Å². The standard InChI is InChI=1S/C22H25FN2O3/c1-3-28-14-17-7-5-4-6-16(17)12-24-22(27)18-11-21(26)25(13-18)20-9-8-15(2)10-19(20)23/h4-10,18H,3,11-14H2,1-2H3,(H,24,27). The second-order valence-corrected chi connectivity index (χ2v) is 6.98. The molecule has 0 aliphatic carbocycles. The van der Waals surface area contributed by atoms with Gasteiger partial charge in [0, 0.05) is 26.1 Å². The molecule has 1 heterocycles. The summed E-state index contributed by atoms with van der Waals surface area (Å²) in [5.41, 5.74) is 3.02. The van der Waals surface area contributed by atoms with E-state index in [9.17, 15) is 14.0 Å². The summed E-state index contributed by atoms with van der Waals surface area (Å²) in [6, 6.07) is 12.5. The van der Waals surface area contributed by atoms with Crippen LogP contribution in [0.15, 0.2) is 42.5 Å². The zero-order valence-electron chi connectivity index (χ0n) is 16.2. The average molecular weight is 384 g/mol. The lowest BCUT2D eigenvalue weighted by Crippen LogP contribution is -2.33. The van der Waals surface area contributed by atoms with Crippen molar-refractivity contribution in [1.82, 2.24) is 5.32 Å². The molecule has 1 aliphatic heterocycles. The maximum absolute atomic E-state index is 14.2. The van der Waals surface area contributed by atoms with Crippen molar-refractivity contribution in [3.63, 3.8) is 0 Å². The molecule has 5 nitrogen and oxygen atoms in total.